The van der Waals surface area contributed by atoms with E-state index in [0.717, 1.165) is 16.8 Å². The molecule has 0 radical (unpaired) electrons. The van der Waals surface area contributed by atoms with E-state index in [1.54, 1.807) is 24.6 Å². The molecule has 0 bridgehead atoms. The van der Waals surface area contributed by atoms with E-state index in [4.69, 9.17) is 16.3 Å². The molecule has 0 amide bonds. The first-order chi connectivity index (χ1) is 8.70. The molecule has 2 aromatic heterocycles. The van der Waals surface area contributed by atoms with E-state index in [1.165, 1.54) is 4.88 Å². The number of methoxy groups -OCH3 is 1. The van der Waals surface area contributed by atoms with Crippen molar-refractivity contribution in [1.82, 2.24) is 9.55 Å². The first-order valence-electron chi connectivity index (χ1n) is 5.72. The molecule has 2 heterocycles. The SMILES string of the molecule is COCCn1ccnc1NC(C)c1ccc(Cl)s1. The lowest BCUT2D eigenvalue weighted by Crippen LogP contribution is -2.12. The van der Waals surface area contributed by atoms with Crippen molar-refractivity contribution in [3.63, 3.8) is 0 Å². The molecule has 0 aliphatic carbocycles. The van der Waals surface area contributed by atoms with Crippen LogP contribution in [0.15, 0.2) is 24.5 Å². The van der Waals surface area contributed by atoms with E-state index in [9.17, 15) is 0 Å². The van der Waals surface area contributed by atoms with Gasteiger partial charge >= 0.3 is 0 Å². The number of anilines is 1. The first kappa shape index (κ1) is 13.4. The molecule has 0 spiro atoms. The highest BCUT2D eigenvalue weighted by molar-refractivity contribution is 7.16. The number of aromatic nitrogens is 2. The molecular weight excluding hydrogens is 270 g/mol. The Morgan fingerprint density at radius 3 is 3.06 bits per heavy atom. The van der Waals surface area contributed by atoms with Crippen LogP contribution in [-0.4, -0.2) is 23.3 Å². The highest BCUT2D eigenvalue weighted by Crippen LogP contribution is 2.28. The summed E-state index contributed by atoms with van der Waals surface area (Å²) in [7, 11) is 1.69. The number of hydrogen-bond donors (Lipinski definition) is 1. The molecule has 4 nitrogen and oxygen atoms in total. The molecule has 0 aliphatic heterocycles. The zero-order chi connectivity index (χ0) is 13.0. The highest BCUT2D eigenvalue weighted by Gasteiger charge is 2.11. The zero-order valence-electron chi connectivity index (χ0n) is 10.4. The molecule has 1 N–H and O–H groups in total. The van der Waals surface area contributed by atoms with Gasteiger partial charge in [-0.2, -0.15) is 0 Å². The maximum absolute atomic E-state index is 5.94. The van der Waals surface area contributed by atoms with Crippen molar-refractivity contribution in [2.24, 2.45) is 0 Å². The minimum atomic E-state index is 0.186. The Hall–Kier alpha value is -1.04. The molecule has 6 heteroatoms. The number of thiophene rings is 1. The van der Waals surface area contributed by atoms with Gasteiger partial charge in [0.05, 0.1) is 17.0 Å². The Morgan fingerprint density at radius 1 is 1.56 bits per heavy atom. The molecule has 0 aliphatic rings. The molecule has 2 aromatic rings. The fraction of sp³-hybridized carbons (Fsp3) is 0.417. The van der Waals surface area contributed by atoms with Gasteiger partial charge in [-0.15, -0.1) is 11.3 Å². The van der Waals surface area contributed by atoms with Gasteiger partial charge in [0.1, 0.15) is 0 Å². The summed E-state index contributed by atoms with van der Waals surface area (Å²) in [5.41, 5.74) is 0. The molecule has 0 saturated carbocycles. The number of ether oxygens (including phenoxy) is 1. The van der Waals surface area contributed by atoms with Gasteiger partial charge in [0.15, 0.2) is 0 Å². The van der Waals surface area contributed by atoms with E-state index in [1.807, 2.05) is 22.9 Å². The molecule has 1 atom stereocenters. The zero-order valence-corrected chi connectivity index (χ0v) is 12.0. The van der Waals surface area contributed by atoms with Gasteiger partial charge in [0.25, 0.3) is 0 Å². The molecule has 18 heavy (non-hydrogen) atoms. The Kier molecular flexibility index (Phi) is 4.63. The predicted molar refractivity (Wildman–Crippen MR) is 75.5 cm³/mol. The van der Waals surface area contributed by atoms with Gasteiger partial charge in [-0.05, 0) is 19.1 Å². The van der Waals surface area contributed by atoms with Crippen molar-refractivity contribution >= 4 is 28.9 Å². The van der Waals surface area contributed by atoms with E-state index in [2.05, 4.69) is 17.2 Å². The van der Waals surface area contributed by atoms with E-state index in [0.29, 0.717) is 6.61 Å². The van der Waals surface area contributed by atoms with Crippen molar-refractivity contribution in [3.8, 4) is 0 Å². The van der Waals surface area contributed by atoms with Gasteiger partial charge in [0, 0.05) is 30.9 Å². The van der Waals surface area contributed by atoms with Crippen LogP contribution in [-0.2, 0) is 11.3 Å². The Morgan fingerprint density at radius 2 is 2.39 bits per heavy atom. The van der Waals surface area contributed by atoms with Gasteiger partial charge in [-0.3, -0.25) is 0 Å². The molecule has 98 valence electrons. The number of halogens is 1. The van der Waals surface area contributed by atoms with Crippen LogP contribution in [0.2, 0.25) is 4.34 Å². The molecule has 0 aromatic carbocycles. The Balaban J connectivity index is 2.02. The molecular formula is C12H16ClN3OS. The summed E-state index contributed by atoms with van der Waals surface area (Å²) in [6, 6.07) is 4.13. The van der Waals surface area contributed by atoms with E-state index < -0.39 is 0 Å². The summed E-state index contributed by atoms with van der Waals surface area (Å²) in [6.45, 7) is 3.55. The quantitative estimate of drug-likeness (QED) is 0.884. The van der Waals surface area contributed by atoms with Crippen LogP contribution in [0.3, 0.4) is 0 Å². The molecule has 0 saturated heterocycles. The Labute approximate surface area is 116 Å². The summed E-state index contributed by atoms with van der Waals surface area (Å²) in [5.74, 6) is 0.851. The van der Waals surface area contributed by atoms with Crippen molar-refractivity contribution in [3.05, 3.63) is 33.7 Å². The maximum atomic E-state index is 5.94. The largest absolute Gasteiger partial charge is 0.383 e. The Bertz CT molecular complexity index is 497. The molecule has 0 fully saturated rings. The lowest BCUT2D eigenvalue weighted by Gasteiger charge is -2.14. The second-order valence-electron chi connectivity index (χ2n) is 3.94. The summed E-state index contributed by atoms with van der Waals surface area (Å²) in [6.07, 6.45) is 3.72. The van der Waals surface area contributed by atoms with E-state index in [-0.39, 0.29) is 6.04 Å². The smallest absolute Gasteiger partial charge is 0.203 e. The minimum Gasteiger partial charge on any atom is -0.383 e. The maximum Gasteiger partial charge on any atom is 0.203 e. The summed E-state index contributed by atoms with van der Waals surface area (Å²) < 4.78 is 7.92. The topological polar surface area (TPSA) is 39.1 Å². The van der Waals surface area contributed by atoms with Crippen molar-refractivity contribution in [2.75, 3.05) is 19.0 Å². The fourth-order valence-corrected chi connectivity index (χ4v) is 2.71. The average Bonchev–Trinajstić information content (AvgIpc) is 2.96. The first-order valence-corrected chi connectivity index (χ1v) is 6.92. The average molecular weight is 286 g/mol. The van der Waals surface area contributed by atoms with Crippen molar-refractivity contribution in [1.29, 1.82) is 0 Å². The number of imidazole rings is 1. The number of hydrogen-bond acceptors (Lipinski definition) is 4. The predicted octanol–water partition coefficient (Wildman–Crippen LogP) is 3.42. The van der Waals surface area contributed by atoms with Crippen LogP contribution in [0.25, 0.3) is 0 Å². The van der Waals surface area contributed by atoms with Gasteiger partial charge < -0.3 is 14.6 Å². The van der Waals surface area contributed by atoms with Gasteiger partial charge in [-0.1, -0.05) is 11.6 Å². The third-order valence-corrected chi connectivity index (χ3v) is 4.03. The third-order valence-electron chi connectivity index (χ3n) is 2.62. The van der Waals surface area contributed by atoms with Crippen molar-refractivity contribution < 1.29 is 4.74 Å². The second-order valence-corrected chi connectivity index (χ2v) is 5.69. The standard InChI is InChI=1S/C12H16ClN3OS/c1-9(10-3-4-11(13)18-10)15-12-14-5-6-16(12)7-8-17-2/h3-6,9H,7-8H2,1-2H3,(H,14,15). The lowest BCUT2D eigenvalue weighted by molar-refractivity contribution is 0.187. The minimum absolute atomic E-state index is 0.186. The van der Waals surface area contributed by atoms with Crippen LogP contribution in [0, 0.1) is 0 Å². The van der Waals surface area contributed by atoms with Crippen LogP contribution < -0.4 is 5.32 Å². The van der Waals surface area contributed by atoms with Crippen molar-refractivity contribution in [2.45, 2.75) is 19.5 Å². The highest BCUT2D eigenvalue weighted by atomic mass is 35.5. The third kappa shape index (κ3) is 3.25. The van der Waals surface area contributed by atoms with Crippen LogP contribution in [0.4, 0.5) is 5.95 Å². The van der Waals surface area contributed by atoms with Gasteiger partial charge in [-0.25, -0.2) is 4.98 Å². The van der Waals surface area contributed by atoms with E-state index >= 15 is 0 Å². The monoisotopic (exact) mass is 285 g/mol. The fourth-order valence-electron chi connectivity index (χ4n) is 1.65. The molecule has 1 unspecified atom stereocenters. The lowest BCUT2D eigenvalue weighted by atomic mass is 10.3. The van der Waals surface area contributed by atoms with Gasteiger partial charge in [0.2, 0.25) is 5.95 Å². The normalized spacial score (nSPS) is 12.6. The van der Waals surface area contributed by atoms with Crippen LogP contribution >= 0.6 is 22.9 Å². The van der Waals surface area contributed by atoms with Crippen LogP contribution in [0.1, 0.15) is 17.8 Å². The number of nitrogens with one attached hydrogen (secondary N) is 1. The number of rotatable bonds is 6. The second kappa shape index (κ2) is 6.22. The summed E-state index contributed by atoms with van der Waals surface area (Å²) in [4.78, 5) is 5.50. The summed E-state index contributed by atoms with van der Waals surface area (Å²) >= 11 is 7.52. The molecule has 2 rings (SSSR count). The number of nitrogens with zero attached hydrogens (tertiary/aromatic N) is 2. The summed E-state index contributed by atoms with van der Waals surface area (Å²) in [5, 5.41) is 3.38. The van der Waals surface area contributed by atoms with Crippen LogP contribution in [0.5, 0.6) is 0 Å².